The van der Waals surface area contributed by atoms with E-state index in [0.717, 1.165) is 0 Å². The third kappa shape index (κ3) is 1.51. The first-order chi connectivity index (χ1) is 5.79. The van der Waals surface area contributed by atoms with Crippen molar-refractivity contribution in [2.24, 2.45) is 5.84 Å². The minimum Gasteiger partial charge on any atom is -0.494 e. The van der Waals surface area contributed by atoms with Crippen LogP contribution in [0.4, 0.5) is 0 Å². The van der Waals surface area contributed by atoms with Crippen molar-refractivity contribution in [3.05, 3.63) is 24.0 Å². The molecule has 0 aliphatic carbocycles. The number of hydrogen-bond donors (Lipinski definition) is 2. The second-order valence-corrected chi connectivity index (χ2v) is 2.03. The van der Waals surface area contributed by atoms with Gasteiger partial charge in [0.1, 0.15) is 5.75 Å². The second-order valence-electron chi connectivity index (χ2n) is 2.03. The standard InChI is InChI=1S/C7H9N3O2/c1-12-5-3-2-4-9-6(5)7(11)10-8/h2-4H,8H2,1H3,(H,10,11). The van der Waals surface area contributed by atoms with Gasteiger partial charge in [-0.1, -0.05) is 0 Å². The molecule has 5 nitrogen and oxygen atoms in total. The molecule has 0 aliphatic rings. The van der Waals surface area contributed by atoms with E-state index in [1.54, 1.807) is 12.1 Å². The number of carbonyl (C=O) groups excluding carboxylic acids is 1. The molecule has 0 atom stereocenters. The summed E-state index contributed by atoms with van der Waals surface area (Å²) in [5.74, 6) is 4.87. The van der Waals surface area contributed by atoms with Gasteiger partial charge in [0.15, 0.2) is 5.69 Å². The smallest absolute Gasteiger partial charge is 0.287 e. The molecule has 1 rings (SSSR count). The highest BCUT2D eigenvalue weighted by atomic mass is 16.5. The molecule has 3 N–H and O–H groups in total. The van der Waals surface area contributed by atoms with E-state index < -0.39 is 5.91 Å². The number of ether oxygens (including phenoxy) is 1. The number of nitrogens with two attached hydrogens (primary N) is 1. The van der Waals surface area contributed by atoms with Crippen LogP contribution in [0.1, 0.15) is 10.5 Å². The molecule has 0 bridgehead atoms. The number of aromatic nitrogens is 1. The van der Waals surface area contributed by atoms with Gasteiger partial charge in [-0.2, -0.15) is 0 Å². The Balaban J connectivity index is 3.04. The first kappa shape index (κ1) is 8.48. The van der Waals surface area contributed by atoms with Crippen LogP contribution in [0.15, 0.2) is 18.3 Å². The van der Waals surface area contributed by atoms with Crippen LogP contribution in [0.25, 0.3) is 0 Å². The monoisotopic (exact) mass is 167 g/mol. The fourth-order valence-electron chi connectivity index (χ4n) is 0.794. The van der Waals surface area contributed by atoms with Crippen molar-refractivity contribution >= 4 is 5.91 Å². The predicted molar refractivity (Wildman–Crippen MR) is 42.4 cm³/mol. The van der Waals surface area contributed by atoms with Crippen LogP contribution in [-0.2, 0) is 0 Å². The summed E-state index contributed by atoms with van der Waals surface area (Å²) in [5, 5.41) is 0. The lowest BCUT2D eigenvalue weighted by Crippen LogP contribution is -2.31. The van der Waals surface area contributed by atoms with Gasteiger partial charge in [-0.15, -0.1) is 0 Å². The van der Waals surface area contributed by atoms with Crippen LogP contribution in [-0.4, -0.2) is 18.0 Å². The van der Waals surface area contributed by atoms with Gasteiger partial charge >= 0.3 is 0 Å². The van der Waals surface area contributed by atoms with Gasteiger partial charge in [-0.25, -0.2) is 10.8 Å². The molecule has 0 saturated heterocycles. The topological polar surface area (TPSA) is 77.2 Å². The SMILES string of the molecule is COc1cccnc1C(=O)NN. The Morgan fingerprint density at radius 1 is 1.75 bits per heavy atom. The Hall–Kier alpha value is -1.62. The summed E-state index contributed by atoms with van der Waals surface area (Å²) in [6.07, 6.45) is 1.49. The molecule has 12 heavy (non-hydrogen) atoms. The number of rotatable bonds is 2. The molecule has 0 saturated carbocycles. The van der Waals surface area contributed by atoms with Crippen LogP contribution < -0.4 is 16.0 Å². The van der Waals surface area contributed by atoms with Gasteiger partial charge in [-0.05, 0) is 12.1 Å². The van der Waals surface area contributed by atoms with Crippen LogP contribution in [0, 0.1) is 0 Å². The molecule has 1 aromatic rings. The third-order valence-corrected chi connectivity index (χ3v) is 1.34. The fraction of sp³-hybridized carbons (Fsp3) is 0.143. The maximum absolute atomic E-state index is 11.0. The molecular formula is C7H9N3O2. The van der Waals surface area contributed by atoms with Gasteiger partial charge in [0, 0.05) is 6.20 Å². The zero-order valence-corrected chi connectivity index (χ0v) is 6.57. The molecule has 1 heterocycles. The zero-order chi connectivity index (χ0) is 8.97. The number of hydrazine groups is 1. The minimum atomic E-state index is -0.465. The molecule has 64 valence electrons. The summed E-state index contributed by atoms with van der Waals surface area (Å²) >= 11 is 0. The van der Waals surface area contributed by atoms with E-state index >= 15 is 0 Å². The second kappa shape index (κ2) is 3.68. The lowest BCUT2D eigenvalue weighted by molar-refractivity contribution is 0.0945. The maximum atomic E-state index is 11.0. The average Bonchev–Trinajstić information content (AvgIpc) is 2.16. The van der Waals surface area contributed by atoms with Gasteiger partial charge in [0.05, 0.1) is 7.11 Å². The summed E-state index contributed by atoms with van der Waals surface area (Å²) in [6.45, 7) is 0. The quantitative estimate of drug-likeness (QED) is 0.360. The number of carbonyl (C=O) groups is 1. The van der Waals surface area contributed by atoms with E-state index in [4.69, 9.17) is 10.6 Å². The number of methoxy groups -OCH3 is 1. The van der Waals surface area contributed by atoms with Crippen molar-refractivity contribution in [2.75, 3.05) is 7.11 Å². The molecular weight excluding hydrogens is 158 g/mol. The van der Waals surface area contributed by atoms with Gasteiger partial charge in [0.2, 0.25) is 0 Å². The molecule has 0 aliphatic heterocycles. The number of nitrogens with zero attached hydrogens (tertiary/aromatic N) is 1. The first-order valence-corrected chi connectivity index (χ1v) is 3.29. The molecule has 0 fully saturated rings. The van der Waals surface area contributed by atoms with E-state index in [1.165, 1.54) is 13.3 Å². The Labute approximate surface area is 69.5 Å². The summed E-state index contributed by atoms with van der Waals surface area (Å²) in [5.41, 5.74) is 2.16. The van der Waals surface area contributed by atoms with Crippen molar-refractivity contribution in [1.29, 1.82) is 0 Å². The van der Waals surface area contributed by atoms with Crippen molar-refractivity contribution in [2.45, 2.75) is 0 Å². The number of nitrogen functional groups attached to an aromatic ring is 1. The van der Waals surface area contributed by atoms with E-state index in [1.807, 2.05) is 5.43 Å². The number of amides is 1. The highest BCUT2D eigenvalue weighted by Crippen LogP contribution is 2.13. The van der Waals surface area contributed by atoms with Gasteiger partial charge < -0.3 is 4.74 Å². The van der Waals surface area contributed by atoms with Crippen LogP contribution in [0.2, 0.25) is 0 Å². The summed E-state index contributed by atoms with van der Waals surface area (Å²) in [6, 6.07) is 3.31. The Kier molecular flexibility index (Phi) is 2.60. The summed E-state index contributed by atoms with van der Waals surface area (Å²) < 4.78 is 4.89. The first-order valence-electron chi connectivity index (χ1n) is 3.29. The molecule has 1 aromatic heterocycles. The molecule has 0 aromatic carbocycles. The van der Waals surface area contributed by atoms with E-state index in [9.17, 15) is 4.79 Å². The van der Waals surface area contributed by atoms with E-state index in [0.29, 0.717) is 5.75 Å². The largest absolute Gasteiger partial charge is 0.494 e. The zero-order valence-electron chi connectivity index (χ0n) is 6.57. The third-order valence-electron chi connectivity index (χ3n) is 1.34. The van der Waals surface area contributed by atoms with Crippen molar-refractivity contribution in [3.63, 3.8) is 0 Å². The predicted octanol–water partition coefficient (Wildman–Crippen LogP) is -0.306. The molecule has 1 amide bonds. The Bertz CT molecular complexity index is 288. The Morgan fingerprint density at radius 3 is 3.08 bits per heavy atom. The number of nitrogens with one attached hydrogen (secondary N) is 1. The normalized spacial score (nSPS) is 9.17. The summed E-state index contributed by atoms with van der Waals surface area (Å²) in [4.78, 5) is 14.8. The molecule has 5 heteroatoms. The highest BCUT2D eigenvalue weighted by molar-refractivity contribution is 5.94. The molecule has 0 spiro atoms. The van der Waals surface area contributed by atoms with E-state index in [-0.39, 0.29) is 5.69 Å². The fourth-order valence-corrected chi connectivity index (χ4v) is 0.794. The Morgan fingerprint density at radius 2 is 2.50 bits per heavy atom. The van der Waals surface area contributed by atoms with Crippen LogP contribution in [0.5, 0.6) is 5.75 Å². The minimum absolute atomic E-state index is 0.183. The number of pyridine rings is 1. The van der Waals surface area contributed by atoms with Crippen molar-refractivity contribution in [1.82, 2.24) is 10.4 Å². The lowest BCUT2D eigenvalue weighted by atomic mass is 10.3. The van der Waals surface area contributed by atoms with Crippen molar-refractivity contribution < 1.29 is 9.53 Å². The van der Waals surface area contributed by atoms with Gasteiger partial charge in [0.25, 0.3) is 5.91 Å². The molecule has 0 unspecified atom stereocenters. The van der Waals surface area contributed by atoms with Gasteiger partial charge in [-0.3, -0.25) is 10.2 Å². The number of hydrogen-bond acceptors (Lipinski definition) is 4. The average molecular weight is 167 g/mol. The lowest BCUT2D eigenvalue weighted by Gasteiger charge is -2.03. The van der Waals surface area contributed by atoms with Crippen molar-refractivity contribution in [3.8, 4) is 5.75 Å². The summed E-state index contributed by atoms with van der Waals surface area (Å²) in [7, 11) is 1.46. The highest BCUT2D eigenvalue weighted by Gasteiger charge is 2.10. The van der Waals surface area contributed by atoms with Crippen LogP contribution >= 0.6 is 0 Å². The molecule has 0 radical (unpaired) electrons. The van der Waals surface area contributed by atoms with E-state index in [2.05, 4.69) is 4.98 Å². The maximum Gasteiger partial charge on any atom is 0.287 e. The van der Waals surface area contributed by atoms with Crippen LogP contribution in [0.3, 0.4) is 0 Å².